The molecule has 0 saturated carbocycles. The molecule has 2 aromatic rings. The lowest BCUT2D eigenvalue weighted by Gasteiger charge is -1.98. The Morgan fingerprint density at radius 2 is 2.25 bits per heavy atom. The highest BCUT2D eigenvalue weighted by atomic mass is 32.2. The van der Waals surface area contributed by atoms with Crippen LogP contribution in [0.5, 0.6) is 0 Å². The minimum atomic E-state index is -0.205. The smallest absolute Gasteiger partial charge is 0.358 e. The zero-order valence-corrected chi connectivity index (χ0v) is 9.66. The van der Waals surface area contributed by atoms with Gasteiger partial charge in [-0.05, 0) is 12.1 Å². The molecular weight excluding hydrogens is 250 g/mol. The number of aromatic nitrogens is 2. The van der Waals surface area contributed by atoms with Gasteiger partial charge in [0.1, 0.15) is 5.52 Å². The second-order valence-electron chi connectivity index (χ2n) is 2.89. The summed E-state index contributed by atoms with van der Waals surface area (Å²) in [6.07, 6.45) is 0. The van der Waals surface area contributed by atoms with Crippen LogP contribution >= 0.6 is 23.5 Å². The summed E-state index contributed by atoms with van der Waals surface area (Å²) in [4.78, 5) is 11.4. The lowest BCUT2D eigenvalue weighted by Crippen LogP contribution is -1.97. The van der Waals surface area contributed by atoms with E-state index in [-0.39, 0.29) is 17.2 Å². The van der Waals surface area contributed by atoms with Gasteiger partial charge in [0.2, 0.25) is 0 Å². The van der Waals surface area contributed by atoms with Crippen molar-refractivity contribution >= 4 is 40.2 Å². The molecule has 2 N–H and O–H groups in total. The molecular formula is C8H8N3O3S2+. The van der Waals surface area contributed by atoms with Gasteiger partial charge in [0.15, 0.2) is 5.52 Å². The summed E-state index contributed by atoms with van der Waals surface area (Å²) in [5.41, 5.74) is 1.04. The molecule has 0 aliphatic rings. The van der Waals surface area contributed by atoms with Gasteiger partial charge in [0.05, 0.1) is 28.1 Å². The van der Waals surface area contributed by atoms with Crippen LogP contribution < -0.4 is 0 Å². The first-order chi connectivity index (χ1) is 7.74. The average molecular weight is 258 g/mol. The summed E-state index contributed by atoms with van der Waals surface area (Å²) in [6.45, 7) is 0.00173. The first kappa shape index (κ1) is 11.2. The topological polar surface area (TPSA) is 86.3 Å². The van der Waals surface area contributed by atoms with Crippen molar-refractivity contribution in [2.24, 2.45) is 0 Å². The molecule has 8 heteroatoms. The van der Waals surface area contributed by atoms with Crippen LogP contribution in [0.25, 0.3) is 11.0 Å². The fraction of sp³-hybridized carbons (Fsp3) is 0.250. The van der Waals surface area contributed by atoms with Gasteiger partial charge in [-0.2, -0.15) is 8.75 Å². The van der Waals surface area contributed by atoms with Crippen molar-refractivity contribution in [1.82, 2.24) is 8.75 Å². The first-order valence-electron chi connectivity index (χ1n) is 4.39. The van der Waals surface area contributed by atoms with Crippen molar-refractivity contribution in [3.8, 4) is 0 Å². The summed E-state index contributed by atoms with van der Waals surface area (Å²) in [5.74, 6) is 0.448. The lowest BCUT2D eigenvalue weighted by atomic mass is 10.3. The van der Waals surface area contributed by atoms with Crippen LogP contribution in [0, 0.1) is 4.91 Å². The van der Waals surface area contributed by atoms with E-state index in [1.54, 1.807) is 12.1 Å². The minimum Gasteiger partial charge on any atom is -0.396 e. The highest BCUT2D eigenvalue weighted by Crippen LogP contribution is 2.34. The fourth-order valence-electron chi connectivity index (χ4n) is 1.28. The summed E-state index contributed by atoms with van der Waals surface area (Å²) in [7, 11) is 0. The van der Waals surface area contributed by atoms with Gasteiger partial charge in [-0.3, -0.25) is 0 Å². The minimum absolute atomic E-state index is 0.00173. The van der Waals surface area contributed by atoms with E-state index in [1.807, 2.05) is 0 Å². The molecule has 2 rings (SSSR count). The van der Waals surface area contributed by atoms with E-state index in [1.165, 1.54) is 11.8 Å². The van der Waals surface area contributed by atoms with Crippen LogP contribution in [-0.2, 0) is 0 Å². The van der Waals surface area contributed by atoms with E-state index < -0.39 is 0 Å². The molecule has 0 bridgehead atoms. The predicted octanol–water partition coefficient (Wildman–Crippen LogP) is 1.58. The van der Waals surface area contributed by atoms with Crippen molar-refractivity contribution in [3.63, 3.8) is 0 Å². The quantitative estimate of drug-likeness (QED) is 0.639. The molecule has 0 spiro atoms. The van der Waals surface area contributed by atoms with Crippen LogP contribution in [0.3, 0.4) is 0 Å². The molecule has 0 atom stereocenters. The maximum Gasteiger partial charge on any atom is 0.358 e. The molecule has 0 radical (unpaired) electrons. The Hall–Kier alpha value is -1.25. The van der Waals surface area contributed by atoms with Gasteiger partial charge in [-0.15, -0.1) is 11.8 Å². The summed E-state index contributed by atoms with van der Waals surface area (Å²) < 4.78 is 7.94. The monoisotopic (exact) mass is 258 g/mol. The van der Waals surface area contributed by atoms with Gasteiger partial charge in [-0.1, -0.05) is 0 Å². The molecule has 0 fully saturated rings. The molecule has 16 heavy (non-hydrogen) atoms. The van der Waals surface area contributed by atoms with Gasteiger partial charge in [-0.25, -0.2) is 5.21 Å². The Morgan fingerprint density at radius 1 is 1.44 bits per heavy atom. The molecule has 0 aliphatic heterocycles. The van der Waals surface area contributed by atoms with Crippen LogP contribution in [0.4, 0.5) is 5.69 Å². The number of thioether (sulfide) groups is 1. The Labute approximate surface area is 98.8 Å². The number of fused-ring (bicyclic) bond motifs is 1. The molecule has 0 saturated heterocycles. The largest absolute Gasteiger partial charge is 0.396 e. The van der Waals surface area contributed by atoms with Crippen LogP contribution in [-0.4, -0.2) is 36.3 Å². The van der Waals surface area contributed by atoms with Gasteiger partial charge < -0.3 is 5.11 Å². The molecule has 1 aromatic carbocycles. The second-order valence-corrected chi connectivity index (χ2v) is 4.55. The van der Waals surface area contributed by atoms with Crippen molar-refractivity contribution in [2.45, 2.75) is 4.90 Å². The van der Waals surface area contributed by atoms with Crippen molar-refractivity contribution in [2.75, 3.05) is 12.4 Å². The number of hydrogen-bond donors (Lipinski definition) is 2. The third-order valence-electron chi connectivity index (χ3n) is 1.90. The van der Waals surface area contributed by atoms with E-state index in [0.29, 0.717) is 21.7 Å². The zero-order valence-electron chi connectivity index (χ0n) is 8.03. The molecule has 0 aliphatic carbocycles. The van der Waals surface area contributed by atoms with Gasteiger partial charge in [0, 0.05) is 5.75 Å². The number of benzene rings is 1. The predicted molar refractivity (Wildman–Crippen MR) is 60.3 cm³/mol. The van der Waals surface area contributed by atoms with Crippen molar-refractivity contribution < 1.29 is 15.2 Å². The zero-order chi connectivity index (χ0) is 11.5. The van der Waals surface area contributed by atoms with Crippen molar-refractivity contribution in [1.29, 1.82) is 0 Å². The molecule has 1 heterocycles. The fourth-order valence-corrected chi connectivity index (χ4v) is 2.60. The highest BCUT2D eigenvalue weighted by molar-refractivity contribution is 7.99. The van der Waals surface area contributed by atoms with Crippen LogP contribution in [0.2, 0.25) is 0 Å². The Kier molecular flexibility index (Phi) is 3.32. The molecule has 0 amide bonds. The first-order valence-corrected chi connectivity index (χ1v) is 6.10. The van der Waals surface area contributed by atoms with Crippen molar-refractivity contribution in [3.05, 3.63) is 17.0 Å². The summed E-state index contributed by atoms with van der Waals surface area (Å²) in [5, 5.41) is 17.8. The molecule has 0 unspecified atom stereocenters. The van der Waals surface area contributed by atoms with E-state index in [9.17, 15) is 4.91 Å². The molecule has 1 aromatic heterocycles. The second kappa shape index (κ2) is 4.73. The number of nitrogens with zero attached hydrogens (tertiary/aromatic N) is 3. The Morgan fingerprint density at radius 3 is 2.94 bits per heavy atom. The molecule has 84 valence electrons. The molecule has 6 nitrogen and oxygen atoms in total. The van der Waals surface area contributed by atoms with E-state index in [2.05, 4.69) is 8.75 Å². The summed E-state index contributed by atoms with van der Waals surface area (Å²) >= 11 is 2.26. The SMILES string of the molecule is O=[N+](O)c1c(SCCO)ccc2nsnc12. The third-order valence-corrected chi connectivity index (χ3v) is 3.47. The van der Waals surface area contributed by atoms with Crippen LogP contribution in [0.15, 0.2) is 17.0 Å². The van der Waals surface area contributed by atoms with Gasteiger partial charge in [0.25, 0.3) is 4.92 Å². The maximum atomic E-state index is 11.1. The maximum absolute atomic E-state index is 11.1. The van der Waals surface area contributed by atoms with Crippen LogP contribution in [0.1, 0.15) is 0 Å². The highest BCUT2D eigenvalue weighted by Gasteiger charge is 2.25. The Balaban J connectivity index is 2.54. The normalized spacial score (nSPS) is 10.8. The summed E-state index contributed by atoms with van der Waals surface area (Å²) in [6, 6.07) is 3.41. The standard InChI is InChI=1S/C8H8N3O3S2/c12-3-4-15-6-2-1-5-7(10-16-9-5)8(6)11(13)14/h1-2,12H,3-4H2,(H,13,14)/q+1. The lowest BCUT2D eigenvalue weighted by molar-refractivity contribution is -0.730. The van der Waals surface area contributed by atoms with E-state index >= 15 is 0 Å². The van der Waals surface area contributed by atoms with E-state index in [4.69, 9.17) is 10.3 Å². The number of rotatable bonds is 4. The number of aliphatic hydroxyl groups excluding tert-OH is 1. The average Bonchev–Trinajstić information content (AvgIpc) is 2.72. The number of aliphatic hydroxyl groups is 1. The van der Waals surface area contributed by atoms with Gasteiger partial charge >= 0.3 is 5.69 Å². The number of hydrogen-bond acceptors (Lipinski definition) is 6. The Bertz CT molecular complexity index is 528. The van der Waals surface area contributed by atoms with E-state index in [0.717, 1.165) is 11.7 Å². The third kappa shape index (κ3) is 1.99.